The summed E-state index contributed by atoms with van der Waals surface area (Å²) in [5.74, 6) is 0.225. The highest BCUT2D eigenvalue weighted by Crippen LogP contribution is 2.25. The van der Waals surface area contributed by atoms with Gasteiger partial charge in [0.05, 0.1) is 18.2 Å². The summed E-state index contributed by atoms with van der Waals surface area (Å²) in [6.07, 6.45) is 3.60. The molecule has 2 rings (SSSR count). The van der Waals surface area contributed by atoms with E-state index in [9.17, 15) is 9.90 Å². The molecule has 0 aromatic heterocycles. The Bertz CT molecular complexity index is 456. The Balaban J connectivity index is 1.91. The van der Waals surface area contributed by atoms with Gasteiger partial charge >= 0.3 is 0 Å². The molecule has 4 N–H and O–H groups in total. The van der Waals surface area contributed by atoms with Gasteiger partial charge in [-0.2, -0.15) is 0 Å². The zero-order valence-electron chi connectivity index (χ0n) is 14.4. The molecule has 2 aliphatic rings. The van der Waals surface area contributed by atoms with Crippen LogP contribution in [0.15, 0.2) is 12.0 Å². The van der Waals surface area contributed by atoms with E-state index in [-0.39, 0.29) is 30.0 Å². The Hall–Kier alpha value is -1.15. The fraction of sp³-hybridized carbons (Fsp3) is 0.812. The molecule has 1 unspecified atom stereocenters. The summed E-state index contributed by atoms with van der Waals surface area (Å²) in [6.45, 7) is 9.03. The zero-order valence-corrected chi connectivity index (χ0v) is 14.4. The highest BCUT2D eigenvalue weighted by molar-refractivity contribution is 5.86. The molecule has 23 heavy (non-hydrogen) atoms. The van der Waals surface area contributed by atoms with Gasteiger partial charge in [-0.05, 0) is 32.8 Å². The van der Waals surface area contributed by atoms with E-state index in [0.717, 1.165) is 26.1 Å². The van der Waals surface area contributed by atoms with Crippen LogP contribution >= 0.6 is 0 Å². The molecule has 0 bridgehead atoms. The summed E-state index contributed by atoms with van der Waals surface area (Å²) in [4.78, 5) is 17.8. The summed E-state index contributed by atoms with van der Waals surface area (Å²) in [7, 11) is 0. The summed E-state index contributed by atoms with van der Waals surface area (Å²) in [5, 5.41) is 15.6. The second kappa shape index (κ2) is 7.17. The number of carbonyl (C=O) groups is 1. The summed E-state index contributed by atoms with van der Waals surface area (Å²) >= 11 is 0. The Morgan fingerprint density at radius 2 is 2.00 bits per heavy atom. The molecule has 1 amide bonds. The van der Waals surface area contributed by atoms with Gasteiger partial charge in [-0.3, -0.25) is 10.1 Å². The smallest absolute Gasteiger partial charge is 0.246 e. The maximum atomic E-state index is 12.5. The molecule has 2 aliphatic heterocycles. The Kier molecular flexibility index (Phi) is 5.67. The van der Waals surface area contributed by atoms with Crippen molar-refractivity contribution in [3.05, 3.63) is 12.0 Å². The maximum absolute atomic E-state index is 12.5. The van der Waals surface area contributed by atoms with E-state index in [2.05, 4.69) is 16.1 Å². The molecule has 0 aromatic rings. The third kappa shape index (κ3) is 4.67. The molecule has 132 valence electrons. The third-order valence-electron chi connectivity index (χ3n) is 4.45. The van der Waals surface area contributed by atoms with Crippen LogP contribution in [0.1, 0.15) is 40.5 Å². The van der Waals surface area contributed by atoms with Crippen molar-refractivity contribution in [1.29, 1.82) is 0 Å². The Morgan fingerprint density at radius 1 is 1.35 bits per heavy atom. The SMILES string of the molecule is CC(C)(NC1CCOCC1)C(=O)NC1=CC(C(C)(C)CO)NO1. The monoisotopic (exact) mass is 327 g/mol. The first-order chi connectivity index (χ1) is 10.7. The van der Waals surface area contributed by atoms with Gasteiger partial charge in [-0.15, -0.1) is 5.48 Å². The van der Waals surface area contributed by atoms with Crippen LogP contribution in [-0.2, 0) is 14.4 Å². The van der Waals surface area contributed by atoms with E-state index in [1.165, 1.54) is 0 Å². The van der Waals surface area contributed by atoms with Gasteiger partial charge in [0.25, 0.3) is 0 Å². The highest BCUT2D eigenvalue weighted by atomic mass is 16.7. The second-order valence-electron chi connectivity index (χ2n) is 7.49. The lowest BCUT2D eigenvalue weighted by molar-refractivity contribution is -0.127. The summed E-state index contributed by atoms with van der Waals surface area (Å²) in [6, 6.07) is 0.122. The van der Waals surface area contributed by atoms with Crippen molar-refractivity contribution >= 4 is 5.91 Å². The first-order valence-electron chi connectivity index (χ1n) is 8.16. The van der Waals surface area contributed by atoms with E-state index in [1.54, 1.807) is 6.08 Å². The van der Waals surface area contributed by atoms with Crippen molar-refractivity contribution in [3.63, 3.8) is 0 Å². The number of nitrogens with one attached hydrogen (secondary N) is 3. The van der Waals surface area contributed by atoms with Crippen LogP contribution in [0.5, 0.6) is 0 Å². The fourth-order valence-electron chi connectivity index (χ4n) is 2.58. The van der Waals surface area contributed by atoms with E-state index in [4.69, 9.17) is 9.57 Å². The molecule has 0 saturated carbocycles. The van der Waals surface area contributed by atoms with Crippen LogP contribution < -0.4 is 16.1 Å². The van der Waals surface area contributed by atoms with E-state index >= 15 is 0 Å². The van der Waals surface area contributed by atoms with Crippen molar-refractivity contribution in [2.24, 2.45) is 5.41 Å². The van der Waals surface area contributed by atoms with Crippen molar-refractivity contribution in [1.82, 2.24) is 16.1 Å². The average molecular weight is 327 g/mol. The minimum atomic E-state index is -0.712. The molecule has 2 heterocycles. The molecule has 1 fully saturated rings. The van der Waals surface area contributed by atoms with Gasteiger partial charge in [0, 0.05) is 24.7 Å². The van der Waals surface area contributed by atoms with Crippen LogP contribution in [0, 0.1) is 5.41 Å². The number of ether oxygens (including phenoxy) is 1. The number of hydrogen-bond donors (Lipinski definition) is 4. The molecule has 7 nitrogen and oxygen atoms in total. The zero-order chi connectivity index (χ0) is 17.1. The third-order valence-corrected chi connectivity index (χ3v) is 4.45. The van der Waals surface area contributed by atoms with E-state index in [1.807, 2.05) is 27.7 Å². The van der Waals surface area contributed by atoms with Crippen molar-refractivity contribution < 1.29 is 19.5 Å². The number of hydrogen-bond acceptors (Lipinski definition) is 6. The highest BCUT2D eigenvalue weighted by Gasteiger charge is 2.35. The molecule has 0 aromatic carbocycles. The number of amides is 1. The molecule has 0 aliphatic carbocycles. The minimum absolute atomic E-state index is 0.0164. The van der Waals surface area contributed by atoms with Crippen molar-refractivity contribution in [3.8, 4) is 0 Å². The van der Waals surface area contributed by atoms with Gasteiger partial charge in [-0.1, -0.05) is 13.8 Å². The predicted octanol–water partition coefficient (Wildman–Crippen LogP) is 0.413. The lowest BCUT2D eigenvalue weighted by atomic mass is 9.86. The molecular formula is C16H29N3O4. The number of aliphatic hydroxyl groups is 1. The molecule has 1 saturated heterocycles. The van der Waals surface area contributed by atoms with Gasteiger partial charge in [0.2, 0.25) is 11.8 Å². The van der Waals surface area contributed by atoms with Crippen LogP contribution in [0.2, 0.25) is 0 Å². The maximum Gasteiger partial charge on any atom is 0.246 e. The van der Waals surface area contributed by atoms with Gasteiger partial charge in [0.1, 0.15) is 0 Å². The second-order valence-corrected chi connectivity index (χ2v) is 7.49. The molecule has 0 spiro atoms. The first-order valence-corrected chi connectivity index (χ1v) is 8.16. The number of carbonyl (C=O) groups excluding carboxylic acids is 1. The summed E-state index contributed by atoms with van der Waals surface area (Å²) in [5.41, 5.74) is 1.75. The lowest BCUT2D eigenvalue weighted by Crippen LogP contribution is -2.56. The Morgan fingerprint density at radius 3 is 2.61 bits per heavy atom. The summed E-state index contributed by atoms with van der Waals surface area (Å²) < 4.78 is 5.34. The number of aliphatic hydroxyl groups excluding tert-OH is 1. The number of rotatable bonds is 6. The van der Waals surface area contributed by atoms with Gasteiger partial charge in [0.15, 0.2) is 0 Å². The minimum Gasteiger partial charge on any atom is -0.396 e. The standard InChI is InChI=1S/C16H29N3O4/c1-15(2,10-20)12-9-13(23-19-12)17-14(21)16(3,4)18-11-5-7-22-8-6-11/h9,11-12,18-20H,5-8,10H2,1-4H3,(H,17,21). The molecule has 0 radical (unpaired) electrons. The van der Waals surface area contributed by atoms with Crippen molar-refractivity contribution in [2.75, 3.05) is 19.8 Å². The lowest BCUT2D eigenvalue weighted by Gasteiger charge is -2.32. The van der Waals surface area contributed by atoms with Crippen LogP contribution in [-0.4, -0.2) is 48.5 Å². The largest absolute Gasteiger partial charge is 0.396 e. The Labute approximate surface area is 137 Å². The van der Waals surface area contributed by atoms with Gasteiger partial charge in [-0.25, -0.2) is 0 Å². The number of hydroxylamine groups is 1. The predicted molar refractivity (Wildman–Crippen MR) is 86.2 cm³/mol. The molecular weight excluding hydrogens is 298 g/mol. The van der Waals surface area contributed by atoms with Gasteiger partial charge < -0.3 is 20.0 Å². The van der Waals surface area contributed by atoms with Crippen LogP contribution in [0.3, 0.4) is 0 Å². The van der Waals surface area contributed by atoms with Crippen molar-refractivity contribution in [2.45, 2.75) is 58.2 Å². The molecule has 7 heteroatoms. The normalized spacial score (nSPS) is 23.3. The van der Waals surface area contributed by atoms with Crippen LogP contribution in [0.25, 0.3) is 0 Å². The van der Waals surface area contributed by atoms with Crippen LogP contribution in [0.4, 0.5) is 0 Å². The quantitative estimate of drug-likeness (QED) is 0.565. The average Bonchev–Trinajstić information content (AvgIpc) is 2.97. The fourth-order valence-corrected chi connectivity index (χ4v) is 2.58. The van der Waals surface area contributed by atoms with E-state index in [0.29, 0.717) is 5.88 Å². The first kappa shape index (κ1) is 18.2. The molecule has 1 atom stereocenters. The van der Waals surface area contributed by atoms with E-state index < -0.39 is 5.54 Å². The topological polar surface area (TPSA) is 91.9 Å².